The van der Waals surface area contributed by atoms with Crippen molar-refractivity contribution in [1.82, 2.24) is 4.98 Å². The summed E-state index contributed by atoms with van der Waals surface area (Å²) >= 11 is 3.47. The van der Waals surface area contributed by atoms with Crippen molar-refractivity contribution in [2.75, 3.05) is 6.54 Å². The van der Waals surface area contributed by atoms with Crippen LogP contribution in [0.3, 0.4) is 0 Å². The van der Waals surface area contributed by atoms with E-state index in [-0.39, 0.29) is 0 Å². The van der Waals surface area contributed by atoms with Crippen molar-refractivity contribution in [2.24, 2.45) is 0 Å². The van der Waals surface area contributed by atoms with E-state index in [1.807, 2.05) is 6.07 Å². The molecule has 0 spiro atoms. The summed E-state index contributed by atoms with van der Waals surface area (Å²) in [6.07, 6.45) is 0.825. The number of aromatic amines is 1. The van der Waals surface area contributed by atoms with E-state index >= 15 is 0 Å². The lowest BCUT2D eigenvalue weighted by Crippen LogP contribution is -1.88. The van der Waals surface area contributed by atoms with Crippen LogP contribution in [0.15, 0.2) is 22.7 Å². The summed E-state index contributed by atoms with van der Waals surface area (Å²) in [7, 11) is 0. The summed E-state index contributed by atoms with van der Waals surface area (Å²) in [5.41, 5.74) is 3.59. The molecule has 0 unspecified atom stereocenters. The van der Waals surface area contributed by atoms with Crippen LogP contribution in [0.25, 0.3) is 15.7 Å². The Morgan fingerprint density at radius 1 is 1.47 bits per heavy atom. The molecule has 0 saturated carbocycles. The highest BCUT2D eigenvalue weighted by atomic mass is 79.9. The van der Waals surface area contributed by atoms with Crippen LogP contribution in [-0.4, -0.2) is 11.5 Å². The van der Waals surface area contributed by atoms with Crippen molar-refractivity contribution in [3.63, 3.8) is 0 Å². The van der Waals surface area contributed by atoms with Crippen LogP contribution in [0.5, 0.6) is 0 Å². The minimum atomic E-state index is 0.556. The summed E-state index contributed by atoms with van der Waals surface area (Å²) in [6.45, 7) is 9.45. The Bertz CT molecular complexity index is 534. The number of nitrogens with one attached hydrogen (secondary N) is 1. The number of rotatable bonds is 2. The van der Waals surface area contributed by atoms with Crippen LogP contribution < -0.4 is 0 Å². The smallest absolute Gasteiger partial charge is 0.218 e. The molecule has 1 N–H and O–H groups in total. The number of hydrogen-bond donors (Lipinski definition) is 1. The number of aryl methyl sites for hydroxylation is 1. The molecule has 1 aromatic heterocycles. The highest BCUT2D eigenvalue weighted by Crippen LogP contribution is 2.25. The summed E-state index contributed by atoms with van der Waals surface area (Å²) in [6, 6.07) is 6.20. The lowest BCUT2D eigenvalue weighted by Gasteiger charge is -1.96. The molecule has 1 aromatic carbocycles. The van der Waals surface area contributed by atoms with E-state index in [1.54, 1.807) is 0 Å². The molecule has 3 heteroatoms. The summed E-state index contributed by atoms with van der Waals surface area (Å²) in [5.74, 6) is 0. The molecule has 0 radical (unpaired) electrons. The fourth-order valence-corrected chi connectivity index (χ4v) is 2.21. The molecule has 0 atom stereocenters. The molecule has 2 nitrogen and oxygen atoms in total. The second kappa shape index (κ2) is 4.08. The Morgan fingerprint density at radius 3 is 3.00 bits per heavy atom. The Labute approximate surface area is 97.3 Å². The van der Waals surface area contributed by atoms with Crippen LogP contribution in [0.4, 0.5) is 0 Å². The van der Waals surface area contributed by atoms with Crippen LogP contribution in [0.1, 0.15) is 11.3 Å². The third-order valence-electron chi connectivity index (χ3n) is 2.56. The molecular weight excluding hydrogens is 252 g/mol. The average molecular weight is 263 g/mol. The first-order chi connectivity index (χ1) is 7.22. The van der Waals surface area contributed by atoms with E-state index in [2.05, 4.69) is 44.8 Å². The fourth-order valence-electron chi connectivity index (χ4n) is 1.84. The van der Waals surface area contributed by atoms with Crippen LogP contribution in [-0.2, 0) is 6.42 Å². The number of halogens is 1. The molecule has 0 aliphatic carbocycles. The molecule has 0 amide bonds. The van der Waals surface area contributed by atoms with Gasteiger partial charge in [0, 0.05) is 27.5 Å². The Hall–Kier alpha value is -1.27. The molecule has 76 valence electrons. The maximum atomic E-state index is 6.83. The molecule has 0 aliphatic rings. The van der Waals surface area contributed by atoms with Crippen molar-refractivity contribution in [3.8, 4) is 0 Å². The Morgan fingerprint density at radius 2 is 2.27 bits per heavy atom. The molecule has 0 bridgehead atoms. The molecule has 2 rings (SSSR count). The molecule has 1 heterocycles. The second-order valence-electron chi connectivity index (χ2n) is 3.55. The van der Waals surface area contributed by atoms with Gasteiger partial charge >= 0.3 is 0 Å². The van der Waals surface area contributed by atoms with E-state index in [9.17, 15) is 0 Å². The number of hydrogen-bond acceptors (Lipinski definition) is 0. The lowest BCUT2D eigenvalue weighted by atomic mass is 10.1. The van der Waals surface area contributed by atoms with Gasteiger partial charge in [-0.3, -0.25) is 0 Å². The average Bonchev–Trinajstić information content (AvgIpc) is 2.51. The van der Waals surface area contributed by atoms with E-state index in [0.29, 0.717) is 6.54 Å². The second-order valence-corrected chi connectivity index (χ2v) is 4.47. The summed E-state index contributed by atoms with van der Waals surface area (Å²) < 4.78 is 1.08. The van der Waals surface area contributed by atoms with Gasteiger partial charge < -0.3 is 9.83 Å². The van der Waals surface area contributed by atoms with E-state index in [4.69, 9.17) is 6.57 Å². The third-order valence-corrected chi connectivity index (χ3v) is 3.05. The SMILES string of the molecule is [C-]#[N+]CCc1c(C)[nH]c2ccc(Br)cc12. The predicted molar refractivity (Wildman–Crippen MR) is 65.9 cm³/mol. The van der Waals surface area contributed by atoms with Crippen molar-refractivity contribution < 1.29 is 0 Å². The molecule has 0 saturated heterocycles. The van der Waals surface area contributed by atoms with Gasteiger partial charge in [-0.1, -0.05) is 15.9 Å². The van der Waals surface area contributed by atoms with Crippen molar-refractivity contribution in [3.05, 3.63) is 45.3 Å². The first-order valence-corrected chi connectivity index (χ1v) is 5.61. The zero-order valence-electron chi connectivity index (χ0n) is 8.47. The number of H-pyrrole nitrogens is 1. The third kappa shape index (κ3) is 1.91. The monoisotopic (exact) mass is 262 g/mol. The first-order valence-electron chi connectivity index (χ1n) is 4.82. The molecule has 15 heavy (non-hydrogen) atoms. The predicted octanol–water partition coefficient (Wildman–Crippen LogP) is 3.70. The van der Waals surface area contributed by atoms with E-state index in [1.165, 1.54) is 16.6 Å². The minimum absolute atomic E-state index is 0.556. The first kappa shape index (κ1) is 10.3. The van der Waals surface area contributed by atoms with Gasteiger partial charge in [-0.2, -0.15) is 0 Å². The Balaban J connectivity index is 2.56. The van der Waals surface area contributed by atoms with Gasteiger partial charge in [-0.25, -0.2) is 6.57 Å². The molecular formula is C12H11BrN2. The zero-order valence-corrected chi connectivity index (χ0v) is 10.1. The van der Waals surface area contributed by atoms with Crippen molar-refractivity contribution in [1.29, 1.82) is 0 Å². The van der Waals surface area contributed by atoms with Crippen LogP contribution in [0, 0.1) is 13.5 Å². The van der Waals surface area contributed by atoms with Crippen LogP contribution in [0.2, 0.25) is 0 Å². The summed E-state index contributed by atoms with van der Waals surface area (Å²) in [4.78, 5) is 6.74. The van der Waals surface area contributed by atoms with Gasteiger partial charge in [0.05, 0.1) is 0 Å². The standard InChI is InChI=1S/C12H11BrN2/c1-8-10(5-6-14-2)11-7-9(13)3-4-12(11)15-8/h3-4,7,15H,5-6H2,1H3. The lowest BCUT2D eigenvalue weighted by molar-refractivity contribution is 1.06. The highest BCUT2D eigenvalue weighted by molar-refractivity contribution is 9.10. The van der Waals surface area contributed by atoms with Gasteiger partial charge in [0.1, 0.15) is 0 Å². The molecule has 0 aliphatic heterocycles. The van der Waals surface area contributed by atoms with Gasteiger partial charge in [-0.05, 0) is 30.7 Å². The zero-order chi connectivity index (χ0) is 10.8. The number of fused-ring (bicyclic) bond motifs is 1. The van der Waals surface area contributed by atoms with Gasteiger partial charge in [-0.15, -0.1) is 0 Å². The minimum Gasteiger partial charge on any atom is -0.358 e. The highest BCUT2D eigenvalue weighted by Gasteiger charge is 2.09. The molecule has 2 aromatic rings. The van der Waals surface area contributed by atoms with Gasteiger partial charge in [0.25, 0.3) is 0 Å². The number of nitrogens with zero attached hydrogens (tertiary/aromatic N) is 1. The number of aromatic nitrogens is 1. The topological polar surface area (TPSA) is 20.1 Å². The largest absolute Gasteiger partial charge is 0.358 e. The van der Waals surface area contributed by atoms with E-state index < -0.39 is 0 Å². The van der Waals surface area contributed by atoms with Crippen molar-refractivity contribution >= 4 is 26.8 Å². The van der Waals surface area contributed by atoms with Gasteiger partial charge in [0.15, 0.2) is 0 Å². The molecule has 0 fully saturated rings. The van der Waals surface area contributed by atoms with Crippen molar-refractivity contribution in [2.45, 2.75) is 13.3 Å². The normalized spacial score (nSPS) is 10.5. The Kier molecular flexibility index (Phi) is 2.79. The van der Waals surface area contributed by atoms with E-state index in [0.717, 1.165) is 16.4 Å². The number of benzene rings is 1. The summed E-state index contributed by atoms with van der Waals surface area (Å²) in [5, 5.41) is 1.23. The quantitative estimate of drug-likeness (QED) is 0.797. The maximum absolute atomic E-state index is 6.83. The van der Waals surface area contributed by atoms with Gasteiger partial charge in [0.2, 0.25) is 6.54 Å². The fraction of sp³-hybridized carbons (Fsp3) is 0.250. The van der Waals surface area contributed by atoms with Crippen LogP contribution >= 0.6 is 15.9 Å². The maximum Gasteiger partial charge on any atom is 0.218 e.